The minimum absolute atomic E-state index is 0.0289. The summed E-state index contributed by atoms with van der Waals surface area (Å²) in [5, 5.41) is 23.0. The van der Waals surface area contributed by atoms with Gasteiger partial charge in [0.25, 0.3) is 0 Å². The van der Waals surface area contributed by atoms with Gasteiger partial charge in [0.15, 0.2) is 0 Å². The van der Waals surface area contributed by atoms with Crippen molar-refractivity contribution >= 4 is 28.9 Å². The monoisotopic (exact) mass is 377 g/mol. The van der Waals surface area contributed by atoms with Crippen LogP contribution in [0.15, 0.2) is 52.9 Å². The Kier molecular flexibility index (Phi) is 6.29. The summed E-state index contributed by atoms with van der Waals surface area (Å²) in [4.78, 5) is 18.4. The van der Waals surface area contributed by atoms with E-state index >= 15 is 0 Å². The summed E-state index contributed by atoms with van der Waals surface area (Å²) >= 11 is 0. The predicted octanol–water partition coefficient (Wildman–Crippen LogP) is 3.05. The van der Waals surface area contributed by atoms with Gasteiger partial charge in [-0.15, -0.1) is 0 Å². The third-order valence-corrected chi connectivity index (χ3v) is 4.54. The number of rotatable bonds is 7. The molecule has 2 unspecified atom stereocenters. The number of nitrogens with one attached hydrogen (secondary N) is 1. The first-order chi connectivity index (χ1) is 13.6. The Bertz CT molecular complexity index is 947. The van der Waals surface area contributed by atoms with Crippen molar-refractivity contribution in [3.8, 4) is 6.07 Å². The average molecular weight is 377 g/mol. The highest BCUT2D eigenvalue weighted by Crippen LogP contribution is 2.23. The number of aliphatic hydroxyl groups is 1. The number of aliphatic hydroxyl groups excluding tert-OH is 1. The Hall–Kier alpha value is -3.31. The Labute approximate surface area is 164 Å². The molecule has 28 heavy (non-hydrogen) atoms. The molecule has 0 saturated carbocycles. The summed E-state index contributed by atoms with van der Waals surface area (Å²) in [6, 6.07) is 7.16. The van der Waals surface area contributed by atoms with E-state index in [9.17, 15) is 5.11 Å². The molecule has 144 valence electrons. The first-order valence-electron chi connectivity index (χ1n) is 9.27. The van der Waals surface area contributed by atoms with Crippen molar-refractivity contribution < 1.29 is 5.11 Å². The zero-order valence-corrected chi connectivity index (χ0v) is 15.8. The number of nitrogens with zero attached hydrogens (tertiary/aromatic N) is 6. The zero-order valence-electron chi connectivity index (χ0n) is 15.8. The van der Waals surface area contributed by atoms with E-state index in [0.717, 1.165) is 36.7 Å². The molecule has 0 radical (unpaired) electrons. The molecule has 0 amide bonds. The van der Waals surface area contributed by atoms with Crippen molar-refractivity contribution in [1.29, 1.82) is 5.26 Å². The first kappa shape index (κ1) is 19.5. The minimum atomic E-state index is -1.07. The van der Waals surface area contributed by atoms with Gasteiger partial charge < -0.3 is 15.3 Å². The maximum absolute atomic E-state index is 10.8. The van der Waals surface area contributed by atoms with Crippen molar-refractivity contribution in [1.82, 2.24) is 14.9 Å². The second kappa shape index (κ2) is 9.06. The number of unbranched alkanes of at least 4 members (excludes halogenated alkanes) is 2. The SMILES string of the molecule is C=C1N=C(C#N)N=CN(C(O)Nc2ccc3nccnc3c2)C1CCCCC. The van der Waals surface area contributed by atoms with Crippen molar-refractivity contribution in [2.45, 2.75) is 45.0 Å². The van der Waals surface area contributed by atoms with Crippen LogP contribution in [0, 0.1) is 11.3 Å². The van der Waals surface area contributed by atoms with Crippen LogP contribution in [-0.2, 0) is 0 Å². The number of anilines is 1. The van der Waals surface area contributed by atoms with Crippen LogP contribution in [-0.4, -0.2) is 44.5 Å². The molecule has 1 aromatic carbocycles. The van der Waals surface area contributed by atoms with Crippen molar-refractivity contribution in [2.75, 3.05) is 5.32 Å². The lowest BCUT2D eigenvalue weighted by Gasteiger charge is -2.33. The lowest BCUT2D eigenvalue weighted by molar-refractivity contribution is 0.0610. The summed E-state index contributed by atoms with van der Waals surface area (Å²) in [6.45, 7) is 6.13. The molecule has 1 aromatic heterocycles. The topological polar surface area (TPSA) is 110 Å². The highest BCUT2D eigenvalue weighted by atomic mass is 16.3. The number of hydrogen-bond donors (Lipinski definition) is 2. The second-order valence-electron chi connectivity index (χ2n) is 6.52. The number of amidine groups is 1. The van der Waals surface area contributed by atoms with Crippen LogP contribution in [0.1, 0.15) is 32.6 Å². The molecular weight excluding hydrogens is 354 g/mol. The largest absolute Gasteiger partial charge is 0.356 e. The molecule has 1 aliphatic rings. The predicted molar refractivity (Wildman–Crippen MR) is 110 cm³/mol. The fraction of sp³-hybridized carbons (Fsp3) is 0.350. The van der Waals surface area contributed by atoms with Gasteiger partial charge in [-0.1, -0.05) is 32.8 Å². The van der Waals surface area contributed by atoms with E-state index in [4.69, 9.17) is 5.26 Å². The fourth-order valence-corrected chi connectivity index (χ4v) is 3.08. The van der Waals surface area contributed by atoms with Crippen molar-refractivity contribution in [2.24, 2.45) is 9.98 Å². The Morgan fingerprint density at radius 2 is 2.07 bits per heavy atom. The summed E-state index contributed by atoms with van der Waals surface area (Å²) in [6.07, 6.45) is 7.50. The van der Waals surface area contributed by atoms with E-state index < -0.39 is 6.35 Å². The normalized spacial score (nSPS) is 17.8. The standard InChI is InChI=1S/C20H23N7O/c1-3-4-5-6-18-14(2)25-19(12-21)24-13-27(18)20(28)26-15-7-8-16-17(11-15)23-10-9-22-16/h7-11,13,18,20,26,28H,2-6H2,1H3. The van der Waals surface area contributed by atoms with Gasteiger partial charge in [-0.2, -0.15) is 5.26 Å². The van der Waals surface area contributed by atoms with Gasteiger partial charge in [0, 0.05) is 18.1 Å². The zero-order chi connectivity index (χ0) is 19.9. The molecule has 2 N–H and O–H groups in total. The average Bonchev–Trinajstić information content (AvgIpc) is 2.87. The Morgan fingerprint density at radius 3 is 2.82 bits per heavy atom. The molecule has 8 nitrogen and oxygen atoms in total. The van der Waals surface area contributed by atoms with Gasteiger partial charge in [-0.25, -0.2) is 9.98 Å². The van der Waals surface area contributed by atoms with Crippen LogP contribution >= 0.6 is 0 Å². The molecule has 1 aliphatic heterocycles. The quantitative estimate of drug-likeness (QED) is 0.567. The van der Waals surface area contributed by atoms with Gasteiger partial charge >= 0.3 is 0 Å². The van der Waals surface area contributed by atoms with Gasteiger partial charge in [-0.05, 0) is 24.6 Å². The molecule has 0 saturated heterocycles. The van der Waals surface area contributed by atoms with E-state index in [1.807, 2.05) is 24.3 Å². The summed E-state index contributed by atoms with van der Waals surface area (Å²) in [5.41, 5.74) is 2.70. The Morgan fingerprint density at radius 1 is 1.29 bits per heavy atom. The van der Waals surface area contributed by atoms with Crippen LogP contribution < -0.4 is 5.32 Å². The summed E-state index contributed by atoms with van der Waals surface area (Å²) < 4.78 is 0. The van der Waals surface area contributed by atoms with Crippen LogP contribution in [0.4, 0.5) is 5.69 Å². The van der Waals surface area contributed by atoms with E-state index in [1.54, 1.807) is 17.3 Å². The van der Waals surface area contributed by atoms with Crippen LogP contribution in [0.2, 0.25) is 0 Å². The number of aliphatic imine (C=N–C) groups is 2. The maximum atomic E-state index is 10.8. The number of fused-ring (bicyclic) bond motifs is 1. The van der Waals surface area contributed by atoms with Gasteiger partial charge in [0.05, 0.1) is 29.1 Å². The van der Waals surface area contributed by atoms with Crippen LogP contribution in [0.3, 0.4) is 0 Å². The van der Waals surface area contributed by atoms with Crippen LogP contribution in [0.25, 0.3) is 11.0 Å². The van der Waals surface area contributed by atoms with E-state index in [2.05, 4.69) is 38.8 Å². The number of nitriles is 1. The molecule has 2 aromatic rings. The molecule has 0 bridgehead atoms. The number of hydrogen-bond acceptors (Lipinski definition) is 8. The molecule has 8 heteroatoms. The highest BCUT2D eigenvalue weighted by Gasteiger charge is 2.27. The highest BCUT2D eigenvalue weighted by molar-refractivity contribution is 6.02. The van der Waals surface area contributed by atoms with E-state index in [0.29, 0.717) is 11.4 Å². The third kappa shape index (κ3) is 4.50. The van der Waals surface area contributed by atoms with Gasteiger partial charge in [0.1, 0.15) is 6.07 Å². The molecule has 0 fully saturated rings. The fourth-order valence-electron chi connectivity index (χ4n) is 3.08. The summed E-state index contributed by atoms with van der Waals surface area (Å²) in [7, 11) is 0. The van der Waals surface area contributed by atoms with Crippen molar-refractivity contribution in [3.05, 3.63) is 42.9 Å². The minimum Gasteiger partial charge on any atom is -0.356 e. The van der Waals surface area contributed by atoms with Gasteiger partial charge in [-0.3, -0.25) is 9.97 Å². The smallest absolute Gasteiger partial charge is 0.233 e. The van der Waals surface area contributed by atoms with E-state index in [1.165, 1.54) is 6.34 Å². The Balaban J connectivity index is 1.81. The lowest BCUT2D eigenvalue weighted by atomic mass is 10.1. The molecule has 0 spiro atoms. The van der Waals surface area contributed by atoms with Crippen molar-refractivity contribution in [3.63, 3.8) is 0 Å². The second-order valence-corrected chi connectivity index (χ2v) is 6.52. The molecule has 2 heterocycles. The van der Waals surface area contributed by atoms with Gasteiger partial charge in [0.2, 0.25) is 12.2 Å². The molecular formula is C20H23N7O. The van der Waals surface area contributed by atoms with Crippen LogP contribution in [0.5, 0.6) is 0 Å². The number of benzene rings is 1. The summed E-state index contributed by atoms with van der Waals surface area (Å²) in [5.74, 6) is 0.0289. The van der Waals surface area contributed by atoms with E-state index in [-0.39, 0.29) is 11.9 Å². The third-order valence-electron chi connectivity index (χ3n) is 4.54. The first-order valence-corrected chi connectivity index (χ1v) is 9.27. The lowest BCUT2D eigenvalue weighted by Crippen LogP contribution is -2.46. The number of aromatic nitrogens is 2. The maximum Gasteiger partial charge on any atom is 0.233 e. The molecule has 3 rings (SSSR count). The molecule has 2 atom stereocenters. The molecule has 0 aliphatic carbocycles.